The summed E-state index contributed by atoms with van der Waals surface area (Å²) in [5.74, 6) is -1.35. The SMILES string of the molecule is Cc1cccc(CC(O)c2cc(F)cc(F)c2)c1. The zero-order chi connectivity index (χ0) is 13.1. The van der Waals surface area contributed by atoms with Crippen LogP contribution in [0, 0.1) is 18.6 Å². The fourth-order valence-electron chi connectivity index (χ4n) is 1.95. The van der Waals surface area contributed by atoms with Crippen LogP contribution in [-0.4, -0.2) is 5.11 Å². The Hall–Kier alpha value is -1.74. The van der Waals surface area contributed by atoms with Crippen LogP contribution < -0.4 is 0 Å². The van der Waals surface area contributed by atoms with Crippen molar-refractivity contribution in [2.45, 2.75) is 19.4 Å². The summed E-state index contributed by atoms with van der Waals surface area (Å²) in [6.07, 6.45) is -0.568. The van der Waals surface area contributed by atoms with Gasteiger partial charge in [-0.3, -0.25) is 0 Å². The summed E-state index contributed by atoms with van der Waals surface area (Å²) in [6.45, 7) is 1.96. The third-order valence-corrected chi connectivity index (χ3v) is 2.78. The van der Waals surface area contributed by atoms with Crippen molar-refractivity contribution >= 4 is 0 Å². The number of rotatable bonds is 3. The van der Waals surface area contributed by atoms with Gasteiger partial charge in [-0.15, -0.1) is 0 Å². The molecule has 0 saturated heterocycles. The Kier molecular flexibility index (Phi) is 3.72. The molecule has 1 unspecified atom stereocenters. The molecule has 2 rings (SSSR count). The fourth-order valence-corrected chi connectivity index (χ4v) is 1.95. The molecule has 1 atom stereocenters. The van der Waals surface area contributed by atoms with Gasteiger partial charge in [-0.25, -0.2) is 8.78 Å². The summed E-state index contributed by atoms with van der Waals surface area (Å²) in [5, 5.41) is 9.98. The predicted octanol–water partition coefficient (Wildman–Crippen LogP) is 3.55. The van der Waals surface area contributed by atoms with E-state index in [2.05, 4.69) is 0 Å². The van der Waals surface area contributed by atoms with Crippen LogP contribution in [0.3, 0.4) is 0 Å². The molecule has 18 heavy (non-hydrogen) atoms. The van der Waals surface area contributed by atoms with E-state index in [9.17, 15) is 13.9 Å². The molecule has 0 spiro atoms. The molecular formula is C15H14F2O. The minimum Gasteiger partial charge on any atom is -0.388 e. The Morgan fingerprint density at radius 3 is 2.33 bits per heavy atom. The number of aliphatic hydroxyl groups is 1. The molecule has 0 aliphatic heterocycles. The van der Waals surface area contributed by atoms with Gasteiger partial charge in [0, 0.05) is 12.5 Å². The Bertz CT molecular complexity index is 532. The highest BCUT2D eigenvalue weighted by Crippen LogP contribution is 2.20. The second-order valence-electron chi connectivity index (χ2n) is 4.41. The monoisotopic (exact) mass is 248 g/mol. The lowest BCUT2D eigenvalue weighted by Crippen LogP contribution is -2.03. The van der Waals surface area contributed by atoms with E-state index in [0.29, 0.717) is 6.42 Å². The highest BCUT2D eigenvalue weighted by atomic mass is 19.1. The summed E-state index contributed by atoms with van der Waals surface area (Å²) in [5.41, 5.74) is 2.28. The third-order valence-electron chi connectivity index (χ3n) is 2.78. The van der Waals surface area contributed by atoms with Gasteiger partial charge >= 0.3 is 0 Å². The van der Waals surface area contributed by atoms with Gasteiger partial charge in [-0.2, -0.15) is 0 Å². The van der Waals surface area contributed by atoms with Crippen LogP contribution in [0.5, 0.6) is 0 Å². The van der Waals surface area contributed by atoms with Gasteiger partial charge in [0.15, 0.2) is 0 Å². The molecule has 0 radical (unpaired) electrons. The largest absolute Gasteiger partial charge is 0.388 e. The van der Waals surface area contributed by atoms with E-state index in [1.807, 2.05) is 31.2 Å². The molecule has 0 amide bonds. The molecule has 1 nitrogen and oxygen atoms in total. The minimum absolute atomic E-state index is 0.258. The first kappa shape index (κ1) is 12.7. The van der Waals surface area contributed by atoms with Gasteiger partial charge in [0.05, 0.1) is 6.10 Å². The molecule has 0 aliphatic carbocycles. The maximum Gasteiger partial charge on any atom is 0.126 e. The van der Waals surface area contributed by atoms with E-state index >= 15 is 0 Å². The molecule has 1 N–H and O–H groups in total. The van der Waals surface area contributed by atoms with Crippen molar-refractivity contribution in [2.75, 3.05) is 0 Å². The van der Waals surface area contributed by atoms with E-state index in [4.69, 9.17) is 0 Å². The van der Waals surface area contributed by atoms with Crippen LogP contribution in [0.4, 0.5) is 8.78 Å². The van der Waals surface area contributed by atoms with E-state index in [-0.39, 0.29) is 5.56 Å². The fraction of sp³-hybridized carbons (Fsp3) is 0.200. The third kappa shape index (κ3) is 3.14. The summed E-state index contributed by atoms with van der Waals surface area (Å²) in [6, 6.07) is 10.8. The lowest BCUT2D eigenvalue weighted by molar-refractivity contribution is 0.177. The zero-order valence-electron chi connectivity index (χ0n) is 10.0. The van der Waals surface area contributed by atoms with E-state index in [1.165, 1.54) is 0 Å². The van der Waals surface area contributed by atoms with Gasteiger partial charge < -0.3 is 5.11 Å². The maximum absolute atomic E-state index is 13.0. The molecular weight excluding hydrogens is 234 g/mol. The standard InChI is InChI=1S/C15H14F2O/c1-10-3-2-4-11(5-10)6-15(18)12-7-13(16)9-14(17)8-12/h2-5,7-9,15,18H,6H2,1H3. The molecule has 2 aromatic rings. The topological polar surface area (TPSA) is 20.2 Å². The van der Waals surface area contributed by atoms with Crippen LogP contribution >= 0.6 is 0 Å². The number of hydrogen-bond acceptors (Lipinski definition) is 1. The molecule has 3 heteroatoms. The van der Waals surface area contributed by atoms with Crippen LogP contribution in [0.25, 0.3) is 0 Å². The van der Waals surface area contributed by atoms with Crippen molar-refractivity contribution in [3.05, 3.63) is 70.8 Å². The molecule has 0 heterocycles. The summed E-state index contributed by atoms with van der Waals surface area (Å²) < 4.78 is 26.1. The Balaban J connectivity index is 2.19. The zero-order valence-corrected chi connectivity index (χ0v) is 10.0. The maximum atomic E-state index is 13.0. The van der Waals surface area contributed by atoms with E-state index < -0.39 is 17.7 Å². The van der Waals surface area contributed by atoms with Crippen LogP contribution in [0.2, 0.25) is 0 Å². The molecule has 2 aromatic carbocycles. The first-order chi connectivity index (χ1) is 8.54. The highest BCUT2D eigenvalue weighted by Gasteiger charge is 2.11. The van der Waals surface area contributed by atoms with Crippen molar-refractivity contribution in [3.63, 3.8) is 0 Å². The van der Waals surface area contributed by atoms with Gasteiger partial charge in [0.25, 0.3) is 0 Å². The van der Waals surface area contributed by atoms with Crippen LogP contribution in [-0.2, 0) is 6.42 Å². The minimum atomic E-state index is -0.906. The number of hydrogen-bond donors (Lipinski definition) is 1. The quantitative estimate of drug-likeness (QED) is 0.880. The molecule has 0 saturated carbocycles. The number of aliphatic hydroxyl groups excluding tert-OH is 1. The normalized spacial score (nSPS) is 12.4. The molecule has 0 aromatic heterocycles. The van der Waals surface area contributed by atoms with Crippen LogP contribution in [0.1, 0.15) is 22.8 Å². The lowest BCUT2D eigenvalue weighted by atomic mass is 10.00. The average molecular weight is 248 g/mol. The Morgan fingerprint density at radius 2 is 1.72 bits per heavy atom. The molecule has 94 valence electrons. The Morgan fingerprint density at radius 1 is 1.06 bits per heavy atom. The number of aryl methyl sites for hydroxylation is 1. The first-order valence-corrected chi connectivity index (χ1v) is 5.74. The number of halogens is 2. The van der Waals surface area contributed by atoms with Crippen molar-refractivity contribution < 1.29 is 13.9 Å². The lowest BCUT2D eigenvalue weighted by Gasteiger charge is -2.12. The van der Waals surface area contributed by atoms with Crippen molar-refractivity contribution in [3.8, 4) is 0 Å². The molecule has 0 bridgehead atoms. The second kappa shape index (κ2) is 5.27. The summed E-state index contributed by atoms with van der Waals surface area (Å²) in [7, 11) is 0. The predicted molar refractivity (Wildman–Crippen MR) is 66.2 cm³/mol. The number of benzene rings is 2. The molecule has 0 fully saturated rings. The van der Waals surface area contributed by atoms with Gasteiger partial charge in [0.1, 0.15) is 11.6 Å². The Labute approximate surface area is 105 Å². The van der Waals surface area contributed by atoms with Crippen LogP contribution in [0.15, 0.2) is 42.5 Å². The first-order valence-electron chi connectivity index (χ1n) is 5.74. The van der Waals surface area contributed by atoms with Crippen molar-refractivity contribution in [2.24, 2.45) is 0 Å². The average Bonchev–Trinajstić information content (AvgIpc) is 2.27. The van der Waals surface area contributed by atoms with Crippen molar-refractivity contribution in [1.82, 2.24) is 0 Å². The highest BCUT2D eigenvalue weighted by molar-refractivity contribution is 5.26. The van der Waals surface area contributed by atoms with E-state index in [1.54, 1.807) is 0 Å². The summed E-state index contributed by atoms with van der Waals surface area (Å²) >= 11 is 0. The van der Waals surface area contributed by atoms with Gasteiger partial charge in [-0.05, 0) is 30.2 Å². The van der Waals surface area contributed by atoms with Crippen molar-refractivity contribution in [1.29, 1.82) is 0 Å². The van der Waals surface area contributed by atoms with Gasteiger partial charge in [-0.1, -0.05) is 29.8 Å². The van der Waals surface area contributed by atoms with E-state index in [0.717, 1.165) is 29.3 Å². The smallest absolute Gasteiger partial charge is 0.126 e. The summed E-state index contributed by atoms with van der Waals surface area (Å²) in [4.78, 5) is 0. The molecule has 0 aliphatic rings. The second-order valence-corrected chi connectivity index (χ2v) is 4.41. The van der Waals surface area contributed by atoms with Gasteiger partial charge in [0.2, 0.25) is 0 Å².